The minimum absolute atomic E-state index is 0.557. The molecule has 4 heteroatoms. The number of hydrogen-bond donors (Lipinski definition) is 1. The number of hydrogen-bond acceptors (Lipinski definition) is 4. The summed E-state index contributed by atoms with van der Waals surface area (Å²) in [7, 11) is 0. The summed E-state index contributed by atoms with van der Waals surface area (Å²) < 4.78 is 0. The second-order valence-corrected chi connectivity index (χ2v) is 7.11. The van der Waals surface area contributed by atoms with Gasteiger partial charge in [-0.2, -0.15) is 0 Å². The van der Waals surface area contributed by atoms with Gasteiger partial charge in [0.2, 0.25) is 0 Å². The van der Waals surface area contributed by atoms with E-state index in [1.807, 2.05) is 0 Å². The number of aromatic nitrogens is 2. The van der Waals surface area contributed by atoms with E-state index in [9.17, 15) is 0 Å². The van der Waals surface area contributed by atoms with Gasteiger partial charge >= 0.3 is 0 Å². The molecular formula is C17H23N3S. The van der Waals surface area contributed by atoms with Gasteiger partial charge in [-0.3, -0.25) is 0 Å². The lowest BCUT2D eigenvalue weighted by molar-refractivity contribution is 0.569. The van der Waals surface area contributed by atoms with Crippen molar-refractivity contribution in [3.8, 4) is 10.6 Å². The van der Waals surface area contributed by atoms with E-state index in [0.29, 0.717) is 6.04 Å². The van der Waals surface area contributed by atoms with Crippen LogP contribution in [-0.4, -0.2) is 22.8 Å². The van der Waals surface area contributed by atoms with E-state index in [-0.39, 0.29) is 0 Å². The van der Waals surface area contributed by atoms with E-state index in [4.69, 9.17) is 0 Å². The third-order valence-electron chi connectivity index (χ3n) is 3.93. The van der Waals surface area contributed by atoms with Crippen molar-refractivity contribution in [2.75, 3.05) is 6.54 Å². The molecule has 1 N–H and O–H groups in total. The molecule has 0 spiro atoms. The van der Waals surface area contributed by atoms with Gasteiger partial charge in [0, 0.05) is 18.0 Å². The van der Waals surface area contributed by atoms with Gasteiger partial charge in [-0.25, -0.2) is 0 Å². The molecule has 0 bridgehead atoms. The van der Waals surface area contributed by atoms with Crippen molar-refractivity contribution in [1.82, 2.24) is 15.5 Å². The SMILES string of the molecule is CC(C)NCCCc1nnc(-c2ccc3c(c2)CCC3)s1. The number of nitrogens with one attached hydrogen (secondary N) is 1. The maximum atomic E-state index is 4.37. The summed E-state index contributed by atoms with van der Waals surface area (Å²) in [5, 5.41) is 14.4. The Kier molecular flexibility index (Phi) is 4.66. The molecule has 2 aromatic rings. The third kappa shape index (κ3) is 3.69. The first-order valence-electron chi connectivity index (χ1n) is 7.90. The average molecular weight is 301 g/mol. The fraction of sp³-hybridized carbons (Fsp3) is 0.529. The Morgan fingerprint density at radius 3 is 2.90 bits per heavy atom. The predicted molar refractivity (Wildman–Crippen MR) is 88.8 cm³/mol. The van der Waals surface area contributed by atoms with Gasteiger partial charge < -0.3 is 5.32 Å². The summed E-state index contributed by atoms with van der Waals surface area (Å²) in [5.74, 6) is 0. The van der Waals surface area contributed by atoms with Crippen LogP contribution in [0.3, 0.4) is 0 Å². The number of nitrogens with zero attached hydrogens (tertiary/aromatic N) is 2. The van der Waals surface area contributed by atoms with Gasteiger partial charge in [-0.1, -0.05) is 37.3 Å². The summed E-state index contributed by atoms with van der Waals surface area (Å²) >= 11 is 1.74. The van der Waals surface area contributed by atoms with Gasteiger partial charge in [0.05, 0.1) is 0 Å². The molecule has 0 amide bonds. The molecule has 3 rings (SSSR count). The van der Waals surface area contributed by atoms with Crippen molar-refractivity contribution in [2.45, 2.75) is 52.0 Å². The average Bonchev–Trinajstić information content (AvgIpc) is 3.11. The highest BCUT2D eigenvalue weighted by atomic mass is 32.1. The molecule has 0 radical (unpaired) electrons. The van der Waals surface area contributed by atoms with Gasteiger partial charge in [-0.05, 0) is 49.4 Å². The first-order chi connectivity index (χ1) is 10.2. The zero-order chi connectivity index (χ0) is 14.7. The molecule has 1 aromatic carbocycles. The molecule has 1 aliphatic carbocycles. The van der Waals surface area contributed by atoms with Crippen LogP contribution in [0.1, 0.15) is 42.8 Å². The van der Waals surface area contributed by atoms with Gasteiger partial charge in [-0.15, -0.1) is 10.2 Å². The second kappa shape index (κ2) is 6.67. The molecule has 21 heavy (non-hydrogen) atoms. The summed E-state index contributed by atoms with van der Waals surface area (Å²) in [5.41, 5.74) is 4.26. The normalized spacial score (nSPS) is 13.9. The molecule has 1 aromatic heterocycles. The lowest BCUT2D eigenvalue weighted by Gasteiger charge is -2.05. The molecule has 0 saturated heterocycles. The highest BCUT2D eigenvalue weighted by Gasteiger charge is 2.13. The summed E-state index contributed by atoms with van der Waals surface area (Å²) in [6, 6.07) is 7.34. The molecule has 0 aliphatic heterocycles. The van der Waals surface area contributed by atoms with E-state index in [1.165, 1.54) is 36.0 Å². The smallest absolute Gasteiger partial charge is 0.147 e. The Morgan fingerprint density at radius 2 is 2.05 bits per heavy atom. The number of benzene rings is 1. The maximum Gasteiger partial charge on any atom is 0.147 e. The highest BCUT2D eigenvalue weighted by molar-refractivity contribution is 7.14. The Hall–Kier alpha value is -1.26. The summed E-state index contributed by atoms with van der Waals surface area (Å²) in [6.07, 6.45) is 5.89. The number of aryl methyl sites for hydroxylation is 3. The zero-order valence-corrected chi connectivity index (χ0v) is 13.7. The molecular weight excluding hydrogens is 278 g/mol. The van der Waals surface area contributed by atoms with E-state index < -0.39 is 0 Å². The Labute approximate surface area is 130 Å². The minimum atomic E-state index is 0.557. The molecule has 1 aliphatic rings. The van der Waals surface area contributed by atoms with Crippen molar-refractivity contribution in [3.05, 3.63) is 34.3 Å². The van der Waals surface area contributed by atoms with Crippen molar-refractivity contribution in [2.24, 2.45) is 0 Å². The van der Waals surface area contributed by atoms with Crippen LogP contribution in [-0.2, 0) is 19.3 Å². The Balaban J connectivity index is 1.62. The number of rotatable bonds is 6. The van der Waals surface area contributed by atoms with Crippen molar-refractivity contribution in [1.29, 1.82) is 0 Å². The summed E-state index contributed by atoms with van der Waals surface area (Å²) in [4.78, 5) is 0. The first-order valence-corrected chi connectivity index (χ1v) is 8.72. The van der Waals surface area contributed by atoms with Crippen LogP contribution in [0.25, 0.3) is 10.6 Å². The maximum absolute atomic E-state index is 4.37. The van der Waals surface area contributed by atoms with E-state index >= 15 is 0 Å². The first kappa shape index (κ1) is 14.7. The van der Waals surface area contributed by atoms with Crippen LogP contribution in [0, 0.1) is 0 Å². The minimum Gasteiger partial charge on any atom is -0.315 e. The Morgan fingerprint density at radius 1 is 1.19 bits per heavy atom. The molecule has 112 valence electrons. The van der Waals surface area contributed by atoms with Crippen molar-refractivity contribution in [3.63, 3.8) is 0 Å². The van der Waals surface area contributed by atoms with Gasteiger partial charge in [0.15, 0.2) is 0 Å². The Bertz CT molecular complexity index is 604. The van der Waals surface area contributed by atoms with Crippen LogP contribution in [0.15, 0.2) is 18.2 Å². The monoisotopic (exact) mass is 301 g/mol. The zero-order valence-electron chi connectivity index (χ0n) is 12.9. The third-order valence-corrected chi connectivity index (χ3v) is 4.96. The molecule has 0 fully saturated rings. The molecule has 3 nitrogen and oxygen atoms in total. The van der Waals surface area contributed by atoms with Crippen LogP contribution < -0.4 is 5.32 Å². The van der Waals surface area contributed by atoms with Crippen molar-refractivity contribution < 1.29 is 0 Å². The van der Waals surface area contributed by atoms with E-state index in [0.717, 1.165) is 29.4 Å². The van der Waals surface area contributed by atoms with Crippen LogP contribution in [0.2, 0.25) is 0 Å². The van der Waals surface area contributed by atoms with Crippen molar-refractivity contribution >= 4 is 11.3 Å². The molecule has 0 atom stereocenters. The lowest BCUT2D eigenvalue weighted by Crippen LogP contribution is -2.23. The quantitative estimate of drug-likeness (QED) is 0.828. The van der Waals surface area contributed by atoms with E-state index in [1.54, 1.807) is 11.3 Å². The van der Waals surface area contributed by atoms with Gasteiger partial charge in [0.1, 0.15) is 10.0 Å². The van der Waals surface area contributed by atoms with Crippen LogP contribution >= 0.6 is 11.3 Å². The fourth-order valence-corrected chi connectivity index (χ4v) is 3.68. The fourth-order valence-electron chi connectivity index (χ4n) is 2.81. The topological polar surface area (TPSA) is 37.8 Å². The second-order valence-electron chi connectivity index (χ2n) is 6.05. The predicted octanol–water partition coefficient (Wildman–Crippen LogP) is 3.62. The molecule has 1 heterocycles. The molecule has 0 unspecified atom stereocenters. The number of fused-ring (bicyclic) bond motifs is 1. The van der Waals surface area contributed by atoms with E-state index in [2.05, 4.69) is 47.6 Å². The van der Waals surface area contributed by atoms with Crippen LogP contribution in [0.4, 0.5) is 0 Å². The van der Waals surface area contributed by atoms with Crippen LogP contribution in [0.5, 0.6) is 0 Å². The van der Waals surface area contributed by atoms with Gasteiger partial charge in [0.25, 0.3) is 0 Å². The molecule has 0 saturated carbocycles. The largest absolute Gasteiger partial charge is 0.315 e. The highest BCUT2D eigenvalue weighted by Crippen LogP contribution is 2.29. The standard InChI is InChI=1S/C17H23N3S/c1-12(2)18-10-4-7-16-19-20-17(21-16)15-9-8-13-5-3-6-14(13)11-15/h8-9,11-12,18H,3-7,10H2,1-2H3. The lowest BCUT2D eigenvalue weighted by atomic mass is 10.1. The summed E-state index contributed by atoms with van der Waals surface area (Å²) in [6.45, 7) is 5.40.